The van der Waals surface area contributed by atoms with Gasteiger partial charge in [-0.25, -0.2) is 0 Å². The molecule has 0 radical (unpaired) electrons. The molecule has 6 heteroatoms. The first kappa shape index (κ1) is 6.53. The fourth-order valence-electron chi connectivity index (χ4n) is 0.779. The van der Waals surface area contributed by atoms with E-state index in [-0.39, 0.29) is 5.91 Å². The molecular weight excluding hydrogens is 166 g/mol. The van der Waals surface area contributed by atoms with Gasteiger partial charge in [0.2, 0.25) is 0 Å². The topological polar surface area (TPSA) is 64.8 Å². The Morgan fingerprint density at radius 2 is 2.36 bits per heavy atom. The highest BCUT2D eigenvalue weighted by molar-refractivity contribution is 8.00. The summed E-state index contributed by atoms with van der Waals surface area (Å²) in [5.74, 6) is 0.196. The standard InChI is InChI=1S/C5H3N3O2S/c9-3-1-6-8-4(10)2-11-5(8)7-3/h1H,2H2. The van der Waals surface area contributed by atoms with Crippen LogP contribution in [0.2, 0.25) is 0 Å². The summed E-state index contributed by atoms with van der Waals surface area (Å²) < 4.78 is 1.14. The monoisotopic (exact) mass is 169 g/mol. The highest BCUT2D eigenvalue weighted by Gasteiger charge is 2.20. The van der Waals surface area contributed by atoms with E-state index >= 15 is 0 Å². The largest absolute Gasteiger partial charge is 0.292 e. The number of hydrogen-bond acceptors (Lipinski definition) is 5. The van der Waals surface area contributed by atoms with E-state index < -0.39 is 5.56 Å². The van der Waals surface area contributed by atoms with Crippen molar-refractivity contribution >= 4 is 17.7 Å². The summed E-state index contributed by atoms with van der Waals surface area (Å²) in [6, 6.07) is 0. The maximum atomic E-state index is 10.9. The Morgan fingerprint density at radius 3 is 3.18 bits per heavy atom. The van der Waals surface area contributed by atoms with E-state index in [4.69, 9.17) is 0 Å². The summed E-state index contributed by atoms with van der Waals surface area (Å²) >= 11 is 1.23. The van der Waals surface area contributed by atoms with E-state index in [2.05, 4.69) is 10.1 Å². The molecule has 0 bridgehead atoms. The van der Waals surface area contributed by atoms with Crippen molar-refractivity contribution in [1.82, 2.24) is 14.8 Å². The lowest BCUT2D eigenvalue weighted by Crippen LogP contribution is -2.17. The molecule has 11 heavy (non-hydrogen) atoms. The molecule has 0 aliphatic carbocycles. The van der Waals surface area contributed by atoms with Crippen molar-refractivity contribution in [3.63, 3.8) is 0 Å². The highest BCUT2D eigenvalue weighted by atomic mass is 32.2. The maximum absolute atomic E-state index is 10.9. The molecule has 0 aromatic carbocycles. The number of carbonyl (C=O) groups is 1. The number of hydrogen-bond donors (Lipinski definition) is 0. The molecule has 0 atom stereocenters. The minimum Gasteiger partial charge on any atom is -0.271 e. The van der Waals surface area contributed by atoms with Gasteiger partial charge in [-0.1, -0.05) is 11.8 Å². The summed E-state index contributed by atoms with van der Waals surface area (Å²) in [7, 11) is 0. The zero-order valence-electron chi connectivity index (χ0n) is 5.35. The Morgan fingerprint density at radius 1 is 1.55 bits per heavy atom. The number of thioether (sulfide) groups is 1. The average molecular weight is 169 g/mol. The Balaban J connectivity index is 2.68. The van der Waals surface area contributed by atoms with E-state index in [1.807, 2.05) is 0 Å². The minimum atomic E-state index is -0.404. The van der Waals surface area contributed by atoms with Gasteiger partial charge < -0.3 is 0 Å². The summed E-state index contributed by atoms with van der Waals surface area (Å²) in [6.45, 7) is 0. The lowest BCUT2D eigenvalue weighted by Gasteiger charge is -1.93. The minimum absolute atomic E-state index is 0.127. The van der Waals surface area contributed by atoms with Crippen molar-refractivity contribution in [2.24, 2.45) is 0 Å². The predicted molar refractivity (Wildman–Crippen MR) is 37.6 cm³/mol. The first-order chi connectivity index (χ1) is 5.27. The van der Waals surface area contributed by atoms with Crippen molar-refractivity contribution in [3.05, 3.63) is 16.6 Å². The first-order valence-corrected chi connectivity index (χ1v) is 3.88. The van der Waals surface area contributed by atoms with Crippen LogP contribution in [-0.4, -0.2) is 26.4 Å². The van der Waals surface area contributed by atoms with Crippen LogP contribution < -0.4 is 5.56 Å². The number of rotatable bonds is 0. The Hall–Kier alpha value is -1.17. The normalized spacial score (nSPS) is 15.1. The molecule has 1 aromatic rings. The smallest absolute Gasteiger partial charge is 0.271 e. The van der Waals surface area contributed by atoms with Gasteiger partial charge in [0, 0.05) is 0 Å². The van der Waals surface area contributed by atoms with Gasteiger partial charge >= 0.3 is 0 Å². The molecule has 0 amide bonds. The fraction of sp³-hybridized carbons (Fsp3) is 0.200. The Labute approximate surface area is 65.4 Å². The molecule has 2 heterocycles. The average Bonchev–Trinajstić information content (AvgIpc) is 2.32. The molecular formula is C5H3N3O2S. The van der Waals surface area contributed by atoms with Gasteiger partial charge in [0.25, 0.3) is 11.5 Å². The molecule has 0 fully saturated rings. The van der Waals surface area contributed by atoms with Crippen LogP contribution in [-0.2, 0) is 0 Å². The molecule has 0 unspecified atom stereocenters. The Bertz CT molecular complexity index is 372. The van der Waals surface area contributed by atoms with E-state index in [0.29, 0.717) is 10.9 Å². The van der Waals surface area contributed by atoms with Crippen LogP contribution >= 0.6 is 11.8 Å². The summed E-state index contributed by atoms with van der Waals surface area (Å²) in [6.07, 6.45) is 1.03. The molecule has 1 aliphatic heterocycles. The second-order valence-electron chi connectivity index (χ2n) is 1.97. The Kier molecular flexibility index (Phi) is 1.28. The van der Waals surface area contributed by atoms with Crippen LogP contribution in [0.15, 0.2) is 16.1 Å². The molecule has 5 nitrogen and oxygen atoms in total. The quantitative estimate of drug-likeness (QED) is 0.518. The van der Waals surface area contributed by atoms with Gasteiger partial charge in [-0.05, 0) is 0 Å². The van der Waals surface area contributed by atoms with E-state index in [0.717, 1.165) is 10.9 Å². The zero-order valence-corrected chi connectivity index (χ0v) is 6.17. The van der Waals surface area contributed by atoms with Crippen molar-refractivity contribution in [2.45, 2.75) is 5.16 Å². The van der Waals surface area contributed by atoms with Gasteiger partial charge in [-0.3, -0.25) is 9.59 Å². The first-order valence-electron chi connectivity index (χ1n) is 2.90. The summed E-state index contributed by atoms with van der Waals surface area (Å²) in [5.41, 5.74) is -0.404. The summed E-state index contributed by atoms with van der Waals surface area (Å²) in [4.78, 5) is 25.1. The predicted octanol–water partition coefficient (Wildman–Crippen LogP) is -0.616. The lowest BCUT2D eigenvalue weighted by atomic mass is 10.7. The van der Waals surface area contributed by atoms with Gasteiger partial charge in [0.1, 0.15) is 6.20 Å². The molecule has 0 saturated carbocycles. The SMILES string of the molecule is O=C1CSc2nc(=O)cnn21. The number of carbonyl (C=O) groups excluding carboxylic acids is 1. The van der Waals surface area contributed by atoms with Crippen LogP contribution in [0.25, 0.3) is 0 Å². The second kappa shape index (κ2) is 2.16. The molecule has 0 spiro atoms. The van der Waals surface area contributed by atoms with Crippen molar-refractivity contribution in [3.8, 4) is 0 Å². The van der Waals surface area contributed by atoms with Crippen LogP contribution in [0.3, 0.4) is 0 Å². The molecule has 0 saturated heterocycles. The van der Waals surface area contributed by atoms with Crippen molar-refractivity contribution < 1.29 is 4.79 Å². The van der Waals surface area contributed by atoms with Crippen LogP contribution in [0, 0.1) is 0 Å². The fourth-order valence-corrected chi connectivity index (χ4v) is 1.58. The molecule has 2 rings (SSSR count). The van der Waals surface area contributed by atoms with Gasteiger partial charge in [-0.15, -0.1) is 0 Å². The van der Waals surface area contributed by atoms with Gasteiger partial charge in [0.05, 0.1) is 5.75 Å². The van der Waals surface area contributed by atoms with E-state index in [1.54, 1.807) is 0 Å². The third kappa shape index (κ3) is 0.949. The second-order valence-corrected chi connectivity index (χ2v) is 2.91. The number of aromatic nitrogens is 3. The molecule has 1 aliphatic rings. The number of fused-ring (bicyclic) bond motifs is 1. The van der Waals surface area contributed by atoms with Crippen LogP contribution in [0.1, 0.15) is 4.79 Å². The van der Waals surface area contributed by atoms with Crippen molar-refractivity contribution in [2.75, 3.05) is 5.75 Å². The van der Waals surface area contributed by atoms with Gasteiger partial charge in [0.15, 0.2) is 5.16 Å². The zero-order chi connectivity index (χ0) is 7.84. The molecule has 56 valence electrons. The lowest BCUT2D eigenvalue weighted by molar-refractivity contribution is 0.0918. The van der Waals surface area contributed by atoms with Crippen molar-refractivity contribution in [1.29, 1.82) is 0 Å². The molecule has 1 aromatic heterocycles. The van der Waals surface area contributed by atoms with Gasteiger partial charge in [-0.2, -0.15) is 14.8 Å². The summed E-state index contributed by atoms with van der Waals surface area (Å²) in [5, 5.41) is 4.00. The third-order valence-corrected chi connectivity index (χ3v) is 2.15. The number of nitrogens with zero attached hydrogens (tertiary/aromatic N) is 3. The van der Waals surface area contributed by atoms with Crippen LogP contribution in [0.4, 0.5) is 0 Å². The third-order valence-electron chi connectivity index (χ3n) is 1.23. The maximum Gasteiger partial charge on any atom is 0.292 e. The molecule has 0 N–H and O–H groups in total. The van der Waals surface area contributed by atoms with Crippen LogP contribution in [0.5, 0.6) is 0 Å². The highest BCUT2D eigenvalue weighted by Crippen LogP contribution is 2.19. The van der Waals surface area contributed by atoms with E-state index in [9.17, 15) is 9.59 Å². The van der Waals surface area contributed by atoms with E-state index in [1.165, 1.54) is 11.8 Å².